The maximum atomic E-state index is 12.4. The SMILES string of the molecule is CCOC(=O)c1ccc(NC(=O)NC(COC(C)(C)C)C(=O)OC(C)(C)C)cc1. The first kappa shape index (κ1) is 24.4. The highest BCUT2D eigenvalue weighted by atomic mass is 16.6. The summed E-state index contributed by atoms with van der Waals surface area (Å²) in [5.41, 5.74) is -0.349. The van der Waals surface area contributed by atoms with Crippen molar-refractivity contribution >= 4 is 23.7 Å². The molecule has 0 spiro atoms. The number of ether oxygens (including phenoxy) is 3. The minimum Gasteiger partial charge on any atom is -0.462 e. The molecule has 0 aromatic heterocycles. The fraction of sp³-hybridized carbons (Fsp3) is 0.571. The third-order valence-corrected chi connectivity index (χ3v) is 3.33. The van der Waals surface area contributed by atoms with Crippen LogP contribution >= 0.6 is 0 Å². The molecule has 1 aromatic rings. The van der Waals surface area contributed by atoms with Crippen molar-refractivity contribution in [1.29, 1.82) is 0 Å². The Hall–Kier alpha value is -2.61. The van der Waals surface area contributed by atoms with E-state index in [0.29, 0.717) is 11.3 Å². The van der Waals surface area contributed by atoms with E-state index in [2.05, 4.69) is 10.6 Å². The van der Waals surface area contributed by atoms with Crippen LogP contribution in [0.4, 0.5) is 10.5 Å². The van der Waals surface area contributed by atoms with Gasteiger partial charge in [0.15, 0.2) is 6.04 Å². The number of hydrogen-bond acceptors (Lipinski definition) is 6. The summed E-state index contributed by atoms with van der Waals surface area (Å²) >= 11 is 0. The number of rotatable bonds is 7. The van der Waals surface area contributed by atoms with Crippen molar-refractivity contribution in [1.82, 2.24) is 5.32 Å². The molecule has 8 heteroatoms. The largest absolute Gasteiger partial charge is 0.462 e. The van der Waals surface area contributed by atoms with Crippen LogP contribution in [-0.4, -0.2) is 48.4 Å². The van der Waals surface area contributed by atoms with Gasteiger partial charge in [-0.15, -0.1) is 0 Å². The summed E-state index contributed by atoms with van der Waals surface area (Å²) in [5.74, 6) is -1.03. The van der Waals surface area contributed by atoms with E-state index < -0.39 is 35.2 Å². The van der Waals surface area contributed by atoms with E-state index in [-0.39, 0.29) is 13.2 Å². The summed E-state index contributed by atoms with van der Waals surface area (Å²) in [5, 5.41) is 5.20. The number of carbonyl (C=O) groups is 3. The molecule has 1 aromatic carbocycles. The van der Waals surface area contributed by atoms with Crippen molar-refractivity contribution in [3.05, 3.63) is 29.8 Å². The van der Waals surface area contributed by atoms with Crippen molar-refractivity contribution in [3.8, 4) is 0 Å². The van der Waals surface area contributed by atoms with Gasteiger partial charge in [0, 0.05) is 5.69 Å². The quantitative estimate of drug-likeness (QED) is 0.669. The lowest BCUT2D eigenvalue weighted by Gasteiger charge is -2.27. The Kier molecular flexibility index (Phi) is 8.63. The molecule has 0 aliphatic heterocycles. The zero-order valence-electron chi connectivity index (χ0n) is 18.3. The summed E-state index contributed by atoms with van der Waals surface area (Å²) in [4.78, 5) is 36.5. The lowest BCUT2D eigenvalue weighted by molar-refractivity contribution is -0.160. The number of benzene rings is 1. The second-order valence-electron chi connectivity index (χ2n) is 8.41. The monoisotopic (exact) mass is 408 g/mol. The average Bonchev–Trinajstić information content (AvgIpc) is 2.57. The van der Waals surface area contributed by atoms with Gasteiger partial charge in [0.25, 0.3) is 0 Å². The highest BCUT2D eigenvalue weighted by Crippen LogP contribution is 2.13. The van der Waals surface area contributed by atoms with E-state index in [9.17, 15) is 14.4 Å². The van der Waals surface area contributed by atoms with Gasteiger partial charge in [0.05, 0.1) is 24.4 Å². The third-order valence-electron chi connectivity index (χ3n) is 3.33. The van der Waals surface area contributed by atoms with Gasteiger partial charge in [0.2, 0.25) is 0 Å². The van der Waals surface area contributed by atoms with E-state index in [4.69, 9.17) is 14.2 Å². The van der Waals surface area contributed by atoms with Gasteiger partial charge < -0.3 is 24.8 Å². The van der Waals surface area contributed by atoms with Crippen LogP contribution in [0.5, 0.6) is 0 Å². The Balaban J connectivity index is 2.77. The van der Waals surface area contributed by atoms with E-state index in [1.807, 2.05) is 20.8 Å². The van der Waals surface area contributed by atoms with E-state index in [1.165, 1.54) is 0 Å². The highest BCUT2D eigenvalue weighted by Gasteiger charge is 2.28. The van der Waals surface area contributed by atoms with Crippen LogP contribution in [0.2, 0.25) is 0 Å². The molecule has 2 amide bonds. The van der Waals surface area contributed by atoms with Gasteiger partial charge in [-0.3, -0.25) is 0 Å². The summed E-state index contributed by atoms with van der Waals surface area (Å²) in [6.45, 7) is 12.8. The van der Waals surface area contributed by atoms with E-state index in [0.717, 1.165) is 0 Å². The molecule has 0 aliphatic carbocycles. The van der Waals surface area contributed by atoms with Gasteiger partial charge >= 0.3 is 18.0 Å². The van der Waals surface area contributed by atoms with Crippen LogP contribution in [0.3, 0.4) is 0 Å². The summed E-state index contributed by atoms with van der Waals surface area (Å²) in [6, 6.07) is 4.65. The number of esters is 2. The number of hydrogen-bond donors (Lipinski definition) is 2. The molecule has 29 heavy (non-hydrogen) atoms. The van der Waals surface area contributed by atoms with Gasteiger partial charge in [-0.25, -0.2) is 14.4 Å². The topological polar surface area (TPSA) is 103 Å². The Morgan fingerprint density at radius 3 is 2.03 bits per heavy atom. The van der Waals surface area contributed by atoms with Gasteiger partial charge in [-0.1, -0.05) is 0 Å². The van der Waals surface area contributed by atoms with Gasteiger partial charge in [-0.2, -0.15) is 0 Å². The van der Waals surface area contributed by atoms with E-state index >= 15 is 0 Å². The molecule has 1 unspecified atom stereocenters. The molecule has 1 atom stereocenters. The second kappa shape index (κ2) is 10.2. The van der Waals surface area contributed by atoms with Crippen LogP contribution in [-0.2, 0) is 19.0 Å². The predicted molar refractivity (Wildman–Crippen MR) is 110 cm³/mol. The first-order chi connectivity index (χ1) is 13.3. The zero-order chi connectivity index (χ0) is 22.2. The van der Waals surface area contributed by atoms with Crippen molar-refractivity contribution < 1.29 is 28.6 Å². The zero-order valence-corrected chi connectivity index (χ0v) is 18.3. The molecule has 0 saturated heterocycles. The van der Waals surface area contributed by atoms with Crippen LogP contribution in [0.15, 0.2) is 24.3 Å². The van der Waals surface area contributed by atoms with Crippen LogP contribution < -0.4 is 10.6 Å². The van der Waals surface area contributed by atoms with Crippen molar-refractivity contribution in [2.45, 2.75) is 65.7 Å². The molecule has 0 bridgehead atoms. The number of urea groups is 1. The Labute approximate surface area is 172 Å². The number of carbonyl (C=O) groups excluding carboxylic acids is 3. The molecular formula is C21H32N2O6. The minimum atomic E-state index is -0.979. The van der Waals surface area contributed by atoms with Crippen LogP contribution in [0, 0.1) is 0 Å². The van der Waals surface area contributed by atoms with Crippen LogP contribution in [0.25, 0.3) is 0 Å². The first-order valence-corrected chi connectivity index (χ1v) is 9.52. The molecule has 0 fully saturated rings. The Morgan fingerprint density at radius 2 is 1.55 bits per heavy atom. The number of amides is 2. The minimum absolute atomic E-state index is 0.0341. The standard InChI is InChI=1S/C21H32N2O6/c1-8-27-17(24)14-9-11-15(12-10-14)22-19(26)23-16(13-28-20(2,3)4)18(25)29-21(5,6)7/h9-12,16H,8,13H2,1-7H3,(H2,22,23,26). The Morgan fingerprint density at radius 1 is 0.966 bits per heavy atom. The summed E-state index contributed by atoms with van der Waals surface area (Å²) < 4.78 is 15.9. The van der Waals surface area contributed by atoms with Crippen molar-refractivity contribution in [2.24, 2.45) is 0 Å². The molecule has 0 radical (unpaired) electrons. The number of anilines is 1. The molecule has 0 saturated carbocycles. The summed E-state index contributed by atoms with van der Waals surface area (Å²) in [6.07, 6.45) is 0. The van der Waals surface area contributed by atoms with Gasteiger partial charge in [0.1, 0.15) is 5.60 Å². The molecule has 8 nitrogen and oxygen atoms in total. The molecule has 2 N–H and O–H groups in total. The fourth-order valence-corrected chi connectivity index (χ4v) is 2.10. The molecule has 1 rings (SSSR count). The second-order valence-corrected chi connectivity index (χ2v) is 8.41. The average molecular weight is 408 g/mol. The fourth-order valence-electron chi connectivity index (χ4n) is 2.10. The summed E-state index contributed by atoms with van der Waals surface area (Å²) in [7, 11) is 0. The smallest absolute Gasteiger partial charge is 0.338 e. The molecule has 0 aliphatic rings. The molecular weight excluding hydrogens is 376 g/mol. The van der Waals surface area contributed by atoms with E-state index in [1.54, 1.807) is 52.0 Å². The molecule has 162 valence electrons. The van der Waals surface area contributed by atoms with Crippen molar-refractivity contribution in [2.75, 3.05) is 18.5 Å². The lowest BCUT2D eigenvalue weighted by Crippen LogP contribution is -2.49. The maximum absolute atomic E-state index is 12.4. The highest BCUT2D eigenvalue weighted by molar-refractivity contribution is 5.94. The first-order valence-electron chi connectivity index (χ1n) is 9.52. The maximum Gasteiger partial charge on any atom is 0.338 e. The third kappa shape index (κ3) is 9.94. The van der Waals surface area contributed by atoms with Crippen molar-refractivity contribution in [3.63, 3.8) is 0 Å². The Bertz CT molecular complexity index is 701. The predicted octanol–water partition coefficient (Wildman–Crippen LogP) is 3.51. The number of nitrogens with one attached hydrogen (secondary N) is 2. The molecule has 0 heterocycles. The lowest BCUT2D eigenvalue weighted by atomic mass is 10.1. The normalized spacial score (nSPS) is 12.7. The van der Waals surface area contributed by atoms with Gasteiger partial charge in [-0.05, 0) is 72.7 Å². The van der Waals surface area contributed by atoms with Crippen LogP contribution in [0.1, 0.15) is 58.8 Å².